The average Bonchev–Trinajstić information content (AvgIpc) is 2.24. The number of carboxylic acids is 1. The molecule has 0 saturated heterocycles. The lowest BCUT2D eigenvalue weighted by Crippen LogP contribution is -2.27. The lowest BCUT2D eigenvalue weighted by atomic mass is 10.2. The van der Waals surface area contributed by atoms with Crippen LogP contribution in [0.2, 0.25) is 0 Å². The van der Waals surface area contributed by atoms with Crippen molar-refractivity contribution in [2.75, 3.05) is 5.32 Å². The van der Waals surface area contributed by atoms with E-state index in [9.17, 15) is 18.0 Å². The minimum absolute atomic E-state index is 0.0934. The van der Waals surface area contributed by atoms with Gasteiger partial charge in [0.1, 0.15) is 5.60 Å². The number of ether oxygens (including phenoxy) is 1. The molecule has 21 heavy (non-hydrogen) atoms. The monoisotopic (exact) mass is 316 g/mol. The molecular weight excluding hydrogens is 300 g/mol. The largest absolute Gasteiger partial charge is 0.478 e. The molecule has 1 aromatic rings. The number of anilines is 1. The van der Waals surface area contributed by atoms with Crippen LogP contribution < -0.4 is 10.5 Å². The number of aromatic carboxylic acids is 1. The Bertz CT molecular complexity index is 675. The summed E-state index contributed by atoms with van der Waals surface area (Å²) in [6, 6.07) is 3.09. The molecule has 1 amide bonds. The Labute approximate surface area is 122 Å². The highest BCUT2D eigenvalue weighted by atomic mass is 32.2. The molecule has 0 aliphatic carbocycles. The van der Waals surface area contributed by atoms with Gasteiger partial charge >= 0.3 is 12.1 Å². The van der Waals surface area contributed by atoms with Crippen molar-refractivity contribution in [1.82, 2.24) is 0 Å². The second-order valence-corrected chi connectivity index (χ2v) is 6.75. The SMILES string of the molecule is CC(C)(C)OC(=O)Nc1ccc(S(N)(=O)=O)cc1C(=O)O. The standard InChI is InChI=1S/C12H16N2O6S/c1-12(2,3)20-11(17)14-9-5-4-7(21(13,18)19)6-8(9)10(15)16/h4-6H,1-3H3,(H,14,17)(H,15,16)(H2,13,18,19). The molecule has 1 aromatic carbocycles. The number of hydrogen-bond acceptors (Lipinski definition) is 5. The number of benzene rings is 1. The Morgan fingerprint density at radius 3 is 2.29 bits per heavy atom. The number of primary sulfonamides is 1. The highest BCUT2D eigenvalue weighted by Gasteiger charge is 2.20. The van der Waals surface area contributed by atoms with Gasteiger partial charge in [-0.05, 0) is 39.0 Å². The van der Waals surface area contributed by atoms with Gasteiger partial charge in [0.15, 0.2) is 0 Å². The van der Waals surface area contributed by atoms with Crippen LogP contribution in [0.15, 0.2) is 23.1 Å². The number of sulfonamides is 1. The van der Waals surface area contributed by atoms with Crippen molar-refractivity contribution in [3.8, 4) is 0 Å². The molecule has 9 heteroatoms. The summed E-state index contributed by atoms with van der Waals surface area (Å²) >= 11 is 0. The van der Waals surface area contributed by atoms with E-state index in [1.165, 1.54) is 0 Å². The third-order valence-electron chi connectivity index (χ3n) is 2.19. The first-order valence-electron chi connectivity index (χ1n) is 5.80. The maximum Gasteiger partial charge on any atom is 0.412 e. The van der Waals surface area contributed by atoms with Gasteiger partial charge < -0.3 is 9.84 Å². The number of carboxylic acid groups (broad SMARTS) is 1. The van der Waals surface area contributed by atoms with E-state index in [1.807, 2.05) is 0 Å². The van der Waals surface area contributed by atoms with Crippen molar-refractivity contribution < 1.29 is 27.9 Å². The maximum absolute atomic E-state index is 11.6. The highest BCUT2D eigenvalue weighted by Crippen LogP contribution is 2.21. The van der Waals surface area contributed by atoms with Crippen molar-refractivity contribution in [2.45, 2.75) is 31.3 Å². The molecule has 0 aliphatic heterocycles. The molecule has 1 rings (SSSR count). The number of hydrogen-bond donors (Lipinski definition) is 3. The van der Waals surface area contributed by atoms with Crippen molar-refractivity contribution >= 4 is 27.8 Å². The minimum atomic E-state index is -4.04. The van der Waals surface area contributed by atoms with Crippen LogP contribution in [0.3, 0.4) is 0 Å². The van der Waals surface area contributed by atoms with Gasteiger partial charge in [0.05, 0.1) is 16.1 Å². The molecule has 0 fully saturated rings. The Kier molecular flexibility index (Phi) is 4.59. The lowest BCUT2D eigenvalue weighted by Gasteiger charge is -2.20. The fourth-order valence-electron chi connectivity index (χ4n) is 1.40. The zero-order valence-electron chi connectivity index (χ0n) is 11.7. The van der Waals surface area contributed by atoms with Crippen LogP contribution in [0.25, 0.3) is 0 Å². The van der Waals surface area contributed by atoms with Crippen molar-refractivity contribution in [3.63, 3.8) is 0 Å². The van der Waals surface area contributed by atoms with E-state index >= 15 is 0 Å². The molecule has 0 aromatic heterocycles. The molecule has 8 nitrogen and oxygen atoms in total. The topological polar surface area (TPSA) is 136 Å². The van der Waals surface area contributed by atoms with Gasteiger partial charge in [0, 0.05) is 0 Å². The maximum atomic E-state index is 11.6. The zero-order chi connectivity index (χ0) is 16.4. The number of nitrogens with one attached hydrogen (secondary N) is 1. The predicted octanol–water partition coefficient (Wildman–Crippen LogP) is 1.38. The summed E-state index contributed by atoms with van der Waals surface area (Å²) in [6.45, 7) is 4.94. The minimum Gasteiger partial charge on any atom is -0.478 e. The van der Waals surface area contributed by atoms with Crippen LogP contribution in [-0.2, 0) is 14.8 Å². The average molecular weight is 316 g/mol. The number of carbonyl (C=O) groups excluding carboxylic acids is 1. The van der Waals surface area contributed by atoms with E-state index in [1.54, 1.807) is 20.8 Å². The van der Waals surface area contributed by atoms with E-state index in [4.69, 9.17) is 15.0 Å². The normalized spacial score (nSPS) is 11.8. The molecule has 0 spiro atoms. The molecule has 116 valence electrons. The van der Waals surface area contributed by atoms with Gasteiger partial charge in [-0.3, -0.25) is 5.32 Å². The predicted molar refractivity (Wildman–Crippen MR) is 74.6 cm³/mol. The summed E-state index contributed by atoms with van der Waals surface area (Å²) in [7, 11) is -4.04. The fourth-order valence-corrected chi connectivity index (χ4v) is 1.94. The Morgan fingerprint density at radius 1 is 1.29 bits per heavy atom. The molecule has 0 radical (unpaired) electrons. The summed E-state index contributed by atoms with van der Waals surface area (Å²) < 4.78 is 27.4. The molecule has 0 atom stereocenters. The first kappa shape index (κ1) is 16.9. The summed E-state index contributed by atoms with van der Waals surface area (Å²) in [5.74, 6) is -1.41. The first-order chi connectivity index (χ1) is 9.40. The van der Waals surface area contributed by atoms with Gasteiger partial charge in [-0.2, -0.15) is 0 Å². The molecular formula is C12H16N2O6S. The van der Waals surface area contributed by atoms with Crippen LogP contribution >= 0.6 is 0 Å². The zero-order valence-corrected chi connectivity index (χ0v) is 12.5. The van der Waals surface area contributed by atoms with Crippen molar-refractivity contribution in [1.29, 1.82) is 0 Å². The quantitative estimate of drug-likeness (QED) is 0.770. The van der Waals surface area contributed by atoms with Crippen LogP contribution in [0.5, 0.6) is 0 Å². The van der Waals surface area contributed by atoms with E-state index in [0.29, 0.717) is 0 Å². The summed E-state index contributed by atoms with van der Waals surface area (Å²) in [5.41, 5.74) is -1.26. The van der Waals surface area contributed by atoms with Crippen LogP contribution in [0.4, 0.5) is 10.5 Å². The number of nitrogens with two attached hydrogens (primary N) is 1. The molecule has 0 unspecified atom stereocenters. The van der Waals surface area contributed by atoms with Crippen LogP contribution in [0.1, 0.15) is 31.1 Å². The summed E-state index contributed by atoms with van der Waals surface area (Å²) in [5, 5.41) is 16.3. The van der Waals surface area contributed by atoms with E-state index in [2.05, 4.69) is 5.32 Å². The number of carbonyl (C=O) groups is 2. The lowest BCUT2D eigenvalue weighted by molar-refractivity contribution is 0.0636. The molecule has 4 N–H and O–H groups in total. The van der Waals surface area contributed by atoms with Gasteiger partial charge in [0.25, 0.3) is 0 Å². The molecule has 0 aliphatic rings. The fraction of sp³-hybridized carbons (Fsp3) is 0.333. The third-order valence-corrected chi connectivity index (χ3v) is 3.10. The molecule has 0 bridgehead atoms. The second kappa shape index (κ2) is 5.70. The van der Waals surface area contributed by atoms with Crippen LogP contribution in [0, 0.1) is 0 Å². The second-order valence-electron chi connectivity index (χ2n) is 5.18. The highest BCUT2D eigenvalue weighted by molar-refractivity contribution is 7.89. The third kappa shape index (κ3) is 5.04. The Hall–Kier alpha value is -2.13. The smallest absolute Gasteiger partial charge is 0.412 e. The number of rotatable bonds is 3. The summed E-state index contributed by atoms with van der Waals surface area (Å²) in [6.07, 6.45) is -0.853. The van der Waals surface area contributed by atoms with E-state index in [0.717, 1.165) is 18.2 Å². The van der Waals surface area contributed by atoms with E-state index in [-0.39, 0.29) is 10.6 Å². The van der Waals surface area contributed by atoms with E-state index < -0.39 is 33.3 Å². The van der Waals surface area contributed by atoms with Gasteiger partial charge in [-0.1, -0.05) is 0 Å². The van der Waals surface area contributed by atoms with Crippen LogP contribution in [-0.4, -0.2) is 31.2 Å². The van der Waals surface area contributed by atoms with Crippen molar-refractivity contribution in [3.05, 3.63) is 23.8 Å². The molecule has 0 heterocycles. The Balaban J connectivity index is 3.14. The molecule has 0 saturated carbocycles. The van der Waals surface area contributed by atoms with Gasteiger partial charge in [-0.15, -0.1) is 0 Å². The van der Waals surface area contributed by atoms with Gasteiger partial charge in [-0.25, -0.2) is 23.1 Å². The number of amides is 1. The Morgan fingerprint density at radius 2 is 1.86 bits per heavy atom. The van der Waals surface area contributed by atoms with Gasteiger partial charge in [0.2, 0.25) is 10.0 Å². The first-order valence-corrected chi connectivity index (χ1v) is 7.35. The van der Waals surface area contributed by atoms with Crippen molar-refractivity contribution in [2.24, 2.45) is 5.14 Å². The summed E-state index contributed by atoms with van der Waals surface area (Å²) in [4.78, 5) is 22.4.